The summed E-state index contributed by atoms with van der Waals surface area (Å²) in [6, 6.07) is 0. The number of nitrogens with one attached hydrogen (secondary N) is 1. The van der Waals surface area contributed by atoms with Crippen molar-refractivity contribution in [3.05, 3.63) is 27.4 Å². The van der Waals surface area contributed by atoms with E-state index in [4.69, 9.17) is 0 Å². The van der Waals surface area contributed by atoms with Gasteiger partial charge in [-0.3, -0.25) is 9.36 Å². The Kier molecular flexibility index (Phi) is 3.87. The summed E-state index contributed by atoms with van der Waals surface area (Å²) in [7, 11) is 0. The second kappa shape index (κ2) is 5.80. The lowest BCUT2D eigenvalue weighted by Gasteiger charge is -2.01. The normalized spacial score (nSPS) is 14.5. The van der Waals surface area contributed by atoms with Gasteiger partial charge in [0.05, 0.1) is 5.69 Å². The van der Waals surface area contributed by atoms with Crippen molar-refractivity contribution in [2.75, 3.05) is 5.32 Å². The van der Waals surface area contributed by atoms with Gasteiger partial charge in [0.2, 0.25) is 5.91 Å². The molecular weight excluding hydrogens is 290 g/mol. The number of thiazole rings is 1. The second-order valence-electron chi connectivity index (χ2n) is 5.16. The van der Waals surface area contributed by atoms with Crippen LogP contribution in [-0.4, -0.2) is 25.2 Å². The summed E-state index contributed by atoms with van der Waals surface area (Å²) in [5.41, 5.74) is 0.665. The number of carbonyl (C=O) groups is 1. The van der Waals surface area contributed by atoms with Crippen molar-refractivity contribution >= 4 is 22.4 Å². The van der Waals surface area contributed by atoms with Gasteiger partial charge in [-0.05, 0) is 19.8 Å². The molecule has 0 bridgehead atoms. The minimum absolute atomic E-state index is 0.0720. The molecule has 0 atom stereocenters. The van der Waals surface area contributed by atoms with Crippen LogP contribution in [-0.2, 0) is 24.3 Å². The molecule has 2 aromatic rings. The fraction of sp³-hybridized carbons (Fsp3) is 0.538. The third-order valence-electron chi connectivity index (χ3n) is 3.44. The number of carbonyl (C=O) groups excluding carboxylic acids is 1. The van der Waals surface area contributed by atoms with Gasteiger partial charge in [0.1, 0.15) is 12.4 Å². The molecule has 0 fully saturated rings. The predicted molar refractivity (Wildman–Crippen MR) is 79.5 cm³/mol. The Morgan fingerprint density at radius 3 is 3.05 bits per heavy atom. The number of amides is 1. The topological polar surface area (TPSA) is 81.8 Å². The molecule has 0 unspecified atom stereocenters. The number of fused-ring (bicyclic) bond motifs is 1. The summed E-state index contributed by atoms with van der Waals surface area (Å²) in [5, 5.41) is 9.39. The molecule has 7 nitrogen and oxygen atoms in total. The summed E-state index contributed by atoms with van der Waals surface area (Å²) < 4.78 is 2.93. The van der Waals surface area contributed by atoms with E-state index in [0.717, 1.165) is 37.2 Å². The molecule has 1 aliphatic heterocycles. The highest BCUT2D eigenvalue weighted by atomic mass is 32.1. The predicted octanol–water partition coefficient (Wildman–Crippen LogP) is 1.17. The molecule has 3 heterocycles. The lowest BCUT2D eigenvalue weighted by atomic mass is 10.2. The zero-order valence-electron chi connectivity index (χ0n) is 11.8. The van der Waals surface area contributed by atoms with Gasteiger partial charge in [-0.2, -0.15) is 5.10 Å². The minimum atomic E-state index is -0.278. The monoisotopic (exact) mass is 307 g/mol. The maximum Gasteiger partial charge on any atom is 0.346 e. The molecule has 0 radical (unpaired) electrons. The van der Waals surface area contributed by atoms with E-state index < -0.39 is 0 Å². The van der Waals surface area contributed by atoms with Crippen LogP contribution in [0.25, 0.3) is 0 Å². The molecule has 1 amide bonds. The van der Waals surface area contributed by atoms with E-state index in [0.29, 0.717) is 11.7 Å². The van der Waals surface area contributed by atoms with Crippen LogP contribution in [0, 0.1) is 6.92 Å². The highest BCUT2D eigenvalue weighted by Crippen LogP contribution is 2.14. The summed E-state index contributed by atoms with van der Waals surface area (Å²) >= 11 is 1.37. The van der Waals surface area contributed by atoms with Gasteiger partial charge >= 0.3 is 5.69 Å². The van der Waals surface area contributed by atoms with E-state index in [1.54, 1.807) is 4.57 Å². The maximum absolute atomic E-state index is 12.2. The Hall–Kier alpha value is -1.96. The molecule has 0 saturated heterocycles. The molecule has 0 aliphatic carbocycles. The first-order chi connectivity index (χ1) is 10.1. The average molecular weight is 307 g/mol. The van der Waals surface area contributed by atoms with Crippen molar-refractivity contribution in [3.8, 4) is 0 Å². The molecule has 3 rings (SSSR count). The third-order valence-corrected chi connectivity index (χ3v) is 4.32. The molecular formula is C13H17N5O2S. The quantitative estimate of drug-likeness (QED) is 0.923. The van der Waals surface area contributed by atoms with Gasteiger partial charge in [0.25, 0.3) is 0 Å². The Bertz CT molecular complexity index is 714. The zero-order chi connectivity index (χ0) is 14.8. The maximum atomic E-state index is 12.2. The summed E-state index contributed by atoms with van der Waals surface area (Å²) in [6.45, 7) is 2.49. The number of hydrogen-bond acceptors (Lipinski definition) is 5. The SMILES string of the molecule is Cc1csc(NC(=O)Cn2nc3n(c2=O)CCCCC3)n1. The van der Waals surface area contributed by atoms with Crippen LogP contribution in [0.1, 0.15) is 30.8 Å². The van der Waals surface area contributed by atoms with Gasteiger partial charge < -0.3 is 5.32 Å². The second-order valence-corrected chi connectivity index (χ2v) is 6.02. The van der Waals surface area contributed by atoms with Gasteiger partial charge in [-0.1, -0.05) is 6.42 Å². The number of hydrogen-bond donors (Lipinski definition) is 1. The highest BCUT2D eigenvalue weighted by Gasteiger charge is 2.17. The lowest BCUT2D eigenvalue weighted by molar-refractivity contribution is -0.117. The molecule has 1 aliphatic rings. The van der Waals surface area contributed by atoms with Gasteiger partial charge in [0.15, 0.2) is 5.13 Å². The van der Waals surface area contributed by atoms with Gasteiger partial charge in [-0.15, -0.1) is 11.3 Å². The molecule has 8 heteroatoms. The molecule has 21 heavy (non-hydrogen) atoms. The first kappa shape index (κ1) is 14.0. The van der Waals surface area contributed by atoms with Crippen molar-refractivity contribution in [3.63, 3.8) is 0 Å². The zero-order valence-corrected chi connectivity index (χ0v) is 12.7. The van der Waals surface area contributed by atoms with Crippen molar-refractivity contribution in [2.45, 2.75) is 45.7 Å². The van der Waals surface area contributed by atoms with Gasteiger partial charge in [-0.25, -0.2) is 14.5 Å². The van der Waals surface area contributed by atoms with E-state index in [1.165, 1.54) is 16.0 Å². The van der Waals surface area contributed by atoms with Crippen molar-refractivity contribution in [1.82, 2.24) is 19.3 Å². The number of aromatic nitrogens is 4. The van der Waals surface area contributed by atoms with Crippen molar-refractivity contribution in [2.24, 2.45) is 0 Å². The van der Waals surface area contributed by atoms with Crippen LogP contribution in [0.2, 0.25) is 0 Å². The van der Waals surface area contributed by atoms with Crippen LogP contribution in [0.15, 0.2) is 10.2 Å². The third kappa shape index (κ3) is 3.05. The van der Waals surface area contributed by atoms with Crippen molar-refractivity contribution < 1.29 is 4.79 Å². The van der Waals surface area contributed by atoms with Crippen LogP contribution in [0.3, 0.4) is 0 Å². The standard InChI is InChI=1S/C13H17N5O2S/c1-9-8-21-12(14-9)15-11(19)7-18-13(20)17-6-4-2-3-5-10(17)16-18/h8H,2-7H2,1H3,(H,14,15,19). The summed E-state index contributed by atoms with van der Waals surface area (Å²) in [6.07, 6.45) is 3.95. The first-order valence-electron chi connectivity index (χ1n) is 7.02. The minimum Gasteiger partial charge on any atom is -0.300 e. The van der Waals surface area contributed by atoms with Crippen LogP contribution in [0.5, 0.6) is 0 Å². The van der Waals surface area contributed by atoms with Crippen molar-refractivity contribution in [1.29, 1.82) is 0 Å². The average Bonchev–Trinajstić information content (AvgIpc) is 2.86. The van der Waals surface area contributed by atoms with E-state index in [2.05, 4.69) is 15.4 Å². The summed E-state index contributed by atoms with van der Waals surface area (Å²) in [5.74, 6) is 0.509. The van der Waals surface area contributed by atoms with E-state index in [9.17, 15) is 9.59 Å². The Labute approximate surface area is 125 Å². The number of aryl methyl sites for hydroxylation is 2. The highest BCUT2D eigenvalue weighted by molar-refractivity contribution is 7.13. The first-order valence-corrected chi connectivity index (χ1v) is 7.90. The number of nitrogens with zero attached hydrogens (tertiary/aromatic N) is 4. The Morgan fingerprint density at radius 2 is 2.29 bits per heavy atom. The fourth-order valence-corrected chi connectivity index (χ4v) is 3.14. The van der Waals surface area contributed by atoms with E-state index in [-0.39, 0.29) is 18.1 Å². The molecule has 0 aromatic carbocycles. The number of anilines is 1. The van der Waals surface area contributed by atoms with E-state index >= 15 is 0 Å². The largest absolute Gasteiger partial charge is 0.346 e. The summed E-state index contributed by atoms with van der Waals surface area (Å²) in [4.78, 5) is 28.4. The Morgan fingerprint density at radius 1 is 1.43 bits per heavy atom. The van der Waals surface area contributed by atoms with Gasteiger partial charge in [0, 0.05) is 18.3 Å². The molecule has 1 N–H and O–H groups in total. The fourth-order valence-electron chi connectivity index (χ4n) is 2.43. The molecule has 0 saturated carbocycles. The smallest absolute Gasteiger partial charge is 0.300 e. The van der Waals surface area contributed by atoms with Crippen LogP contribution >= 0.6 is 11.3 Å². The molecule has 112 valence electrons. The number of rotatable bonds is 3. The molecule has 2 aromatic heterocycles. The Balaban J connectivity index is 1.73. The lowest BCUT2D eigenvalue weighted by Crippen LogP contribution is -2.30. The van der Waals surface area contributed by atoms with E-state index in [1.807, 2.05) is 12.3 Å². The molecule has 0 spiro atoms. The van der Waals surface area contributed by atoms with Crippen LogP contribution < -0.4 is 11.0 Å². The van der Waals surface area contributed by atoms with Crippen LogP contribution in [0.4, 0.5) is 5.13 Å².